The van der Waals surface area contributed by atoms with Crippen LogP contribution in [0.15, 0.2) is 36.7 Å². The van der Waals surface area contributed by atoms with E-state index in [4.69, 9.17) is 4.74 Å². The van der Waals surface area contributed by atoms with E-state index in [0.717, 1.165) is 13.0 Å². The van der Waals surface area contributed by atoms with Crippen molar-refractivity contribution in [2.24, 2.45) is 0 Å². The maximum Gasteiger partial charge on any atom is 0.0850 e. The first-order valence-corrected chi connectivity index (χ1v) is 4.87. The van der Waals surface area contributed by atoms with Crippen molar-refractivity contribution < 1.29 is 4.74 Å². The highest BCUT2D eigenvalue weighted by Gasteiger charge is 2.23. The van der Waals surface area contributed by atoms with E-state index in [9.17, 15) is 0 Å². The SMILES string of the molecule is c1cc(CC2CO2)c2ccncc2c1. The van der Waals surface area contributed by atoms with Gasteiger partial charge in [-0.1, -0.05) is 18.2 Å². The average molecular weight is 185 g/mol. The van der Waals surface area contributed by atoms with Crippen LogP contribution in [0.2, 0.25) is 0 Å². The smallest absolute Gasteiger partial charge is 0.0850 e. The number of aromatic nitrogens is 1. The van der Waals surface area contributed by atoms with Crippen molar-refractivity contribution in [1.82, 2.24) is 4.98 Å². The van der Waals surface area contributed by atoms with Crippen LogP contribution >= 0.6 is 0 Å². The third kappa shape index (κ3) is 1.38. The fraction of sp³-hybridized carbons (Fsp3) is 0.250. The molecule has 1 unspecified atom stereocenters. The molecular weight excluding hydrogens is 174 g/mol. The van der Waals surface area contributed by atoms with Crippen LogP contribution in [0.1, 0.15) is 5.56 Å². The van der Waals surface area contributed by atoms with Gasteiger partial charge < -0.3 is 4.74 Å². The van der Waals surface area contributed by atoms with Crippen molar-refractivity contribution >= 4 is 10.8 Å². The molecule has 0 saturated carbocycles. The van der Waals surface area contributed by atoms with E-state index in [2.05, 4.69) is 29.2 Å². The van der Waals surface area contributed by atoms with E-state index >= 15 is 0 Å². The lowest BCUT2D eigenvalue weighted by Gasteiger charge is -2.03. The molecule has 2 aromatic rings. The summed E-state index contributed by atoms with van der Waals surface area (Å²) in [5.74, 6) is 0. The van der Waals surface area contributed by atoms with E-state index in [1.54, 1.807) is 0 Å². The van der Waals surface area contributed by atoms with Gasteiger partial charge in [0.25, 0.3) is 0 Å². The second-order valence-corrected chi connectivity index (χ2v) is 3.67. The van der Waals surface area contributed by atoms with Crippen LogP contribution in [-0.4, -0.2) is 17.7 Å². The first kappa shape index (κ1) is 7.94. The zero-order valence-electron chi connectivity index (χ0n) is 7.81. The molecule has 1 aliphatic rings. The number of pyridine rings is 1. The van der Waals surface area contributed by atoms with Crippen molar-refractivity contribution in [3.05, 3.63) is 42.2 Å². The molecule has 0 N–H and O–H groups in total. The molecular formula is C12H11NO. The summed E-state index contributed by atoms with van der Waals surface area (Å²) in [5.41, 5.74) is 1.37. The minimum absolute atomic E-state index is 0.453. The molecule has 1 aromatic carbocycles. The van der Waals surface area contributed by atoms with E-state index < -0.39 is 0 Å². The van der Waals surface area contributed by atoms with Gasteiger partial charge in [0.15, 0.2) is 0 Å². The van der Waals surface area contributed by atoms with Crippen LogP contribution in [0, 0.1) is 0 Å². The molecule has 0 spiro atoms. The van der Waals surface area contributed by atoms with E-state index in [-0.39, 0.29) is 0 Å². The van der Waals surface area contributed by atoms with Crippen molar-refractivity contribution in [2.75, 3.05) is 6.61 Å². The minimum Gasteiger partial charge on any atom is -0.373 e. The predicted octanol–water partition coefficient (Wildman–Crippen LogP) is 2.18. The number of hydrogen-bond donors (Lipinski definition) is 0. The summed E-state index contributed by atoms with van der Waals surface area (Å²) < 4.78 is 5.25. The molecule has 1 fully saturated rings. The van der Waals surface area contributed by atoms with E-state index in [1.165, 1.54) is 16.3 Å². The molecule has 1 aliphatic heterocycles. The van der Waals surface area contributed by atoms with Gasteiger partial charge in [0, 0.05) is 24.2 Å². The zero-order valence-corrected chi connectivity index (χ0v) is 7.81. The molecule has 0 radical (unpaired) electrons. The third-order valence-corrected chi connectivity index (χ3v) is 2.62. The summed E-state index contributed by atoms with van der Waals surface area (Å²) in [6.07, 6.45) is 5.24. The maximum atomic E-state index is 5.25. The van der Waals surface area contributed by atoms with Crippen molar-refractivity contribution in [3.63, 3.8) is 0 Å². The lowest BCUT2D eigenvalue weighted by Crippen LogP contribution is -1.93. The average Bonchev–Trinajstić information content (AvgIpc) is 3.03. The van der Waals surface area contributed by atoms with Gasteiger partial charge in [0.1, 0.15) is 0 Å². The number of fused-ring (bicyclic) bond motifs is 1. The number of nitrogens with zero attached hydrogens (tertiary/aromatic N) is 1. The Morgan fingerprint density at radius 2 is 2.29 bits per heavy atom. The Morgan fingerprint density at radius 1 is 1.36 bits per heavy atom. The predicted molar refractivity (Wildman–Crippen MR) is 55.2 cm³/mol. The van der Waals surface area contributed by atoms with Crippen LogP contribution in [0.4, 0.5) is 0 Å². The number of rotatable bonds is 2. The van der Waals surface area contributed by atoms with Crippen LogP contribution in [0.3, 0.4) is 0 Å². The molecule has 70 valence electrons. The Balaban J connectivity index is 2.11. The van der Waals surface area contributed by atoms with Crippen molar-refractivity contribution in [3.8, 4) is 0 Å². The molecule has 2 heterocycles. The lowest BCUT2D eigenvalue weighted by atomic mass is 10.0. The highest BCUT2D eigenvalue weighted by Crippen LogP contribution is 2.22. The Bertz CT molecular complexity index is 457. The number of benzene rings is 1. The van der Waals surface area contributed by atoms with Gasteiger partial charge in [0.2, 0.25) is 0 Å². The van der Waals surface area contributed by atoms with Gasteiger partial charge in [-0.15, -0.1) is 0 Å². The van der Waals surface area contributed by atoms with E-state index in [0.29, 0.717) is 6.10 Å². The van der Waals surface area contributed by atoms with Crippen molar-refractivity contribution in [1.29, 1.82) is 0 Å². The highest BCUT2D eigenvalue weighted by molar-refractivity contribution is 5.84. The summed E-state index contributed by atoms with van der Waals surface area (Å²) in [5, 5.41) is 2.52. The monoisotopic (exact) mass is 185 g/mol. The zero-order chi connectivity index (χ0) is 9.38. The number of hydrogen-bond acceptors (Lipinski definition) is 2. The molecule has 14 heavy (non-hydrogen) atoms. The second-order valence-electron chi connectivity index (χ2n) is 3.67. The van der Waals surface area contributed by atoms with E-state index in [1.807, 2.05) is 12.4 Å². The maximum absolute atomic E-state index is 5.25. The fourth-order valence-electron chi connectivity index (χ4n) is 1.80. The topological polar surface area (TPSA) is 25.4 Å². The van der Waals surface area contributed by atoms with Gasteiger partial charge in [0.05, 0.1) is 12.7 Å². The highest BCUT2D eigenvalue weighted by atomic mass is 16.6. The standard InChI is InChI=1S/C12H11NO/c1-2-9(6-11-8-14-11)12-4-5-13-7-10(12)3-1/h1-5,7,11H,6,8H2. The van der Waals surface area contributed by atoms with Gasteiger partial charge in [-0.05, 0) is 17.0 Å². The van der Waals surface area contributed by atoms with Gasteiger partial charge in [-0.2, -0.15) is 0 Å². The Labute approximate surface area is 82.5 Å². The summed E-state index contributed by atoms with van der Waals surface area (Å²) in [4.78, 5) is 4.12. The molecule has 3 rings (SSSR count). The molecule has 2 nitrogen and oxygen atoms in total. The Hall–Kier alpha value is -1.41. The van der Waals surface area contributed by atoms with Crippen LogP contribution in [-0.2, 0) is 11.2 Å². The molecule has 1 saturated heterocycles. The molecule has 1 aromatic heterocycles. The number of epoxide rings is 1. The largest absolute Gasteiger partial charge is 0.373 e. The van der Waals surface area contributed by atoms with Crippen molar-refractivity contribution in [2.45, 2.75) is 12.5 Å². The lowest BCUT2D eigenvalue weighted by molar-refractivity contribution is 0.408. The fourth-order valence-corrected chi connectivity index (χ4v) is 1.80. The normalized spacial score (nSPS) is 19.9. The summed E-state index contributed by atoms with van der Waals surface area (Å²) in [6, 6.07) is 8.43. The molecule has 1 atom stereocenters. The van der Waals surface area contributed by atoms with Crippen LogP contribution in [0.25, 0.3) is 10.8 Å². The first-order valence-electron chi connectivity index (χ1n) is 4.87. The van der Waals surface area contributed by atoms with Crippen LogP contribution in [0.5, 0.6) is 0 Å². The Morgan fingerprint density at radius 3 is 3.14 bits per heavy atom. The summed E-state index contributed by atoms with van der Waals surface area (Å²) in [6.45, 7) is 0.918. The molecule has 0 amide bonds. The third-order valence-electron chi connectivity index (χ3n) is 2.62. The van der Waals surface area contributed by atoms with Gasteiger partial charge in [-0.3, -0.25) is 4.98 Å². The first-order chi connectivity index (χ1) is 6.93. The summed E-state index contributed by atoms with van der Waals surface area (Å²) >= 11 is 0. The Kier molecular flexibility index (Phi) is 1.74. The second kappa shape index (κ2) is 3.07. The molecule has 0 bridgehead atoms. The summed E-state index contributed by atoms with van der Waals surface area (Å²) in [7, 11) is 0. The minimum atomic E-state index is 0.453. The van der Waals surface area contributed by atoms with Gasteiger partial charge in [-0.25, -0.2) is 0 Å². The van der Waals surface area contributed by atoms with Gasteiger partial charge >= 0.3 is 0 Å². The molecule has 2 heteroatoms. The molecule has 0 aliphatic carbocycles. The quantitative estimate of drug-likeness (QED) is 0.670. The number of ether oxygens (including phenoxy) is 1. The van der Waals surface area contributed by atoms with Crippen LogP contribution < -0.4 is 0 Å².